The van der Waals surface area contributed by atoms with Crippen molar-refractivity contribution in [3.63, 3.8) is 0 Å². The van der Waals surface area contributed by atoms with E-state index in [-0.39, 0.29) is 5.91 Å². The molecule has 0 saturated heterocycles. The number of fused-ring (bicyclic) bond motifs is 2. The topological polar surface area (TPSA) is 101 Å². The van der Waals surface area contributed by atoms with Gasteiger partial charge in [-0.25, -0.2) is 9.97 Å². The van der Waals surface area contributed by atoms with Gasteiger partial charge in [0.05, 0.1) is 18.5 Å². The Labute approximate surface area is 205 Å². The molecular weight excluding hydrogens is 466 g/mol. The van der Waals surface area contributed by atoms with E-state index in [0.29, 0.717) is 28.1 Å². The first-order chi connectivity index (χ1) is 16.9. The van der Waals surface area contributed by atoms with Crippen LogP contribution in [0, 0.1) is 13.8 Å². The van der Waals surface area contributed by atoms with E-state index >= 15 is 0 Å². The number of halogens is 1. The number of aryl methyl sites for hydroxylation is 2. The highest BCUT2D eigenvalue weighted by atomic mass is 35.5. The third-order valence-corrected chi connectivity index (χ3v) is 6.46. The van der Waals surface area contributed by atoms with Crippen LogP contribution in [0.3, 0.4) is 0 Å². The van der Waals surface area contributed by atoms with Gasteiger partial charge in [0.25, 0.3) is 5.91 Å². The van der Waals surface area contributed by atoms with Crippen LogP contribution in [-0.2, 0) is 0 Å². The quantitative estimate of drug-likeness (QED) is 0.401. The number of carbonyl (C=O) groups is 1. The monoisotopic (exact) mass is 485 g/mol. The molecule has 1 atom stereocenters. The van der Waals surface area contributed by atoms with Crippen molar-refractivity contribution in [3.05, 3.63) is 88.2 Å². The van der Waals surface area contributed by atoms with Crippen molar-refractivity contribution in [2.75, 3.05) is 12.0 Å². The maximum Gasteiger partial charge on any atom is 0.279 e. The van der Waals surface area contributed by atoms with Crippen LogP contribution in [0.2, 0.25) is 5.02 Å². The highest BCUT2D eigenvalue weighted by Gasteiger charge is 2.42. The Morgan fingerprint density at radius 1 is 1.09 bits per heavy atom. The number of hydrogen-bond donors (Lipinski definition) is 1. The standard InChI is InChI=1S/C25H20ClN7O2/c1-13-10-18(12-32-14(2)30-31-24(13)32)33-22(15-4-7-17(26)8-5-15)20-21(25(33)34)29-23(28-20)16-6-9-19(35-3)27-11-16/h4-12,22H,1-3H3,(H,28,29)/t22-/m0/s1. The largest absolute Gasteiger partial charge is 0.481 e. The number of carbonyl (C=O) groups excluding carboxylic acids is 1. The fraction of sp³-hybridized carbons (Fsp3) is 0.160. The number of hydrogen-bond acceptors (Lipinski definition) is 6. The molecule has 1 aliphatic rings. The summed E-state index contributed by atoms with van der Waals surface area (Å²) < 4.78 is 7.04. The first-order valence-corrected chi connectivity index (χ1v) is 11.3. The maximum absolute atomic E-state index is 13.8. The average Bonchev–Trinajstić information content (AvgIpc) is 3.54. The van der Waals surface area contributed by atoms with Gasteiger partial charge in [-0.15, -0.1) is 10.2 Å². The van der Waals surface area contributed by atoms with E-state index < -0.39 is 6.04 Å². The lowest BCUT2D eigenvalue weighted by Gasteiger charge is -2.26. The Morgan fingerprint density at radius 2 is 1.89 bits per heavy atom. The first kappa shape index (κ1) is 21.3. The minimum Gasteiger partial charge on any atom is -0.481 e. The molecule has 0 radical (unpaired) electrons. The number of methoxy groups -OCH3 is 1. The second kappa shape index (κ2) is 7.92. The summed E-state index contributed by atoms with van der Waals surface area (Å²) in [7, 11) is 1.56. The molecule has 0 saturated carbocycles. The van der Waals surface area contributed by atoms with Crippen LogP contribution >= 0.6 is 11.6 Å². The van der Waals surface area contributed by atoms with Crippen molar-refractivity contribution in [1.82, 2.24) is 29.5 Å². The molecule has 10 heteroatoms. The molecule has 0 bridgehead atoms. The molecule has 0 aliphatic carbocycles. The van der Waals surface area contributed by atoms with Crippen LogP contribution in [-0.4, -0.2) is 42.6 Å². The Hall–Kier alpha value is -4.24. The van der Waals surface area contributed by atoms with E-state index in [1.807, 2.05) is 60.8 Å². The molecule has 0 spiro atoms. The van der Waals surface area contributed by atoms with Gasteiger partial charge in [0.15, 0.2) is 11.3 Å². The summed E-state index contributed by atoms with van der Waals surface area (Å²) in [5.41, 5.74) is 5.14. The van der Waals surface area contributed by atoms with Crippen molar-refractivity contribution < 1.29 is 9.53 Å². The highest BCUT2D eigenvalue weighted by Crippen LogP contribution is 2.42. The van der Waals surface area contributed by atoms with Crippen molar-refractivity contribution in [2.45, 2.75) is 19.9 Å². The Kier molecular flexibility index (Phi) is 4.82. The normalized spacial score (nSPS) is 15.1. The number of amides is 1. The van der Waals surface area contributed by atoms with E-state index in [9.17, 15) is 4.79 Å². The van der Waals surface area contributed by atoms with E-state index in [0.717, 1.165) is 33.8 Å². The number of aromatic nitrogens is 6. The van der Waals surface area contributed by atoms with Crippen molar-refractivity contribution >= 4 is 28.8 Å². The molecule has 35 heavy (non-hydrogen) atoms. The molecule has 1 aliphatic heterocycles. The van der Waals surface area contributed by atoms with Gasteiger partial charge in [-0.3, -0.25) is 14.1 Å². The molecule has 5 aromatic rings. The van der Waals surface area contributed by atoms with E-state index in [2.05, 4.69) is 25.1 Å². The number of rotatable bonds is 4. The minimum atomic E-state index is -0.420. The maximum atomic E-state index is 13.8. The molecule has 4 aromatic heterocycles. The van der Waals surface area contributed by atoms with Gasteiger partial charge >= 0.3 is 0 Å². The Bertz CT molecular complexity index is 1590. The molecule has 6 rings (SSSR count). The molecular formula is C25H20ClN7O2. The fourth-order valence-electron chi connectivity index (χ4n) is 4.49. The minimum absolute atomic E-state index is 0.201. The lowest BCUT2D eigenvalue weighted by atomic mass is 10.0. The average molecular weight is 486 g/mol. The third-order valence-electron chi connectivity index (χ3n) is 6.21. The summed E-state index contributed by atoms with van der Waals surface area (Å²) in [6, 6.07) is 12.6. The summed E-state index contributed by atoms with van der Waals surface area (Å²) in [5.74, 6) is 1.61. The molecule has 9 nitrogen and oxygen atoms in total. The number of ether oxygens (including phenoxy) is 1. The zero-order valence-electron chi connectivity index (χ0n) is 19.2. The number of nitrogens with one attached hydrogen (secondary N) is 1. The summed E-state index contributed by atoms with van der Waals surface area (Å²) in [5, 5.41) is 9.04. The third kappa shape index (κ3) is 3.35. The molecule has 1 amide bonds. The number of pyridine rings is 2. The van der Waals surface area contributed by atoms with Crippen molar-refractivity contribution in [1.29, 1.82) is 0 Å². The smallest absolute Gasteiger partial charge is 0.279 e. The summed E-state index contributed by atoms with van der Waals surface area (Å²) >= 11 is 6.17. The second-order valence-electron chi connectivity index (χ2n) is 8.39. The van der Waals surface area contributed by atoms with Crippen LogP contribution in [0.1, 0.15) is 39.2 Å². The Morgan fingerprint density at radius 3 is 2.60 bits per heavy atom. The number of benzene rings is 1. The highest BCUT2D eigenvalue weighted by molar-refractivity contribution is 6.30. The first-order valence-electron chi connectivity index (χ1n) is 11.0. The number of nitrogens with zero attached hydrogens (tertiary/aromatic N) is 6. The second-order valence-corrected chi connectivity index (χ2v) is 8.82. The van der Waals surface area contributed by atoms with Gasteiger partial charge in [0.2, 0.25) is 5.88 Å². The van der Waals surface area contributed by atoms with Crippen LogP contribution in [0.4, 0.5) is 5.69 Å². The summed E-state index contributed by atoms with van der Waals surface area (Å²) in [6.45, 7) is 3.84. The molecule has 1 aromatic carbocycles. The van der Waals surface area contributed by atoms with Gasteiger partial charge in [0, 0.05) is 29.0 Å². The number of anilines is 1. The number of imidazole rings is 1. The zero-order chi connectivity index (χ0) is 24.3. The molecule has 174 valence electrons. The summed E-state index contributed by atoms with van der Waals surface area (Å²) in [4.78, 5) is 27.9. The fourth-order valence-corrected chi connectivity index (χ4v) is 4.62. The number of aromatic amines is 1. The molecule has 1 N–H and O–H groups in total. The van der Waals surface area contributed by atoms with Gasteiger partial charge in [-0.1, -0.05) is 23.7 Å². The van der Waals surface area contributed by atoms with E-state index in [1.165, 1.54) is 0 Å². The van der Waals surface area contributed by atoms with Gasteiger partial charge < -0.3 is 9.72 Å². The molecule has 0 fully saturated rings. The van der Waals surface area contributed by atoms with Crippen LogP contribution < -0.4 is 9.64 Å². The predicted molar refractivity (Wildman–Crippen MR) is 131 cm³/mol. The van der Waals surface area contributed by atoms with Crippen LogP contribution in [0.25, 0.3) is 17.0 Å². The van der Waals surface area contributed by atoms with Crippen molar-refractivity contribution in [3.8, 4) is 17.3 Å². The lowest BCUT2D eigenvalue weighted by molar-refractivity contribution is 0.0989. The Balaban J connectivity index is 1.51. The SMILES string of the molecule is COc1ccc(-c2nc3c([nH]2)[C@H](c2ccc(Cl)cc2)N(c2cc(C)c4nnc(C)n4c2)C3=O)cn1. The zero-order valence-corrected chi connectivity index (χ0v) is 19.9. The molecule has 5 heterocycles. The van der Waals surface area contributed by atoms with Gasteiger partial charge in [0.1, 0.15) is 17.7 Å². The number of H-pyrrole nitrogens is 1. The van der Waals surface area contributed by atoms with Crippen LogP contribution in [0.15, 0.2) is 54.9 Å². The predicted octanol–water partition coefficient (Wildman–Crippen LogP) is 4.54. The van der Waals surface area contributed by atoms with E-state index in [4.69, 9.17) is 16.3 Å². The summed E-state index contributed by atoms with van der Waals surface area (Å²) in [6.07, 6.45) is 3.55. The van der Waals surface area contributed by atoms with Crippen molar-refractivity contribution in [2.24, 2.45) is 0 Å². The molecule has 0 unspecified atom stereocenters. The van der Waals surface area contributed by atoms with E-state index in [1.54, 1.807) is 24.3 Å². The lowest BCUT2D eigenvalue weighted by Crippen LogP contribution is -2.29. The van der Waals surface area contributed by atoms with Gasteiger partial charge in [-0.05, 0) is 49.2 Å². The van der Waals surface area contributed by atoms with Gasteiger partial charge in [-0.2, -0.15) is 0 Å². The van der Waals surface area contributed by atoms with Crippen LogP contribution in [0.5, 0.6) is 5.88 Å².